The first-order chi connectivity index (χ1) is 19.0. The molecule has 5 aromatic rings. The fourth-order valence-corrected chi connectivity index (χ4v) is 6.08. The molecule has 1 N–H and O–H groups in total. The lowest BCUT2D eigenvalue weighted by molar-refractivity contribution is 0.482. The number of aromatic nitrogens is 2. The maximum Gasteiger partial charge on any atom is 0.174 e. The third-order valence-corrected chi connectivity index (χ3v) is 7.86. The molecule has 2 aromatic heterocycles. The van der Waals surface area contributed by atoms with Crippen molar-refractivity contribution in [3.05, 3.63) is 136 Å². The molecule has 1 saturated heterocycles. The lowest BCUT2D eigenvalue weighted by Gasteiger charge is -2.28. The van der Waals surface area contributed by atoms with Crippen LogP contribution in [0.3, 0.4) is 0 Å². The molecule has 2 atom stereocenters. The number of ether oxygens (including phenoxy) is 1. The van der Waals surface area contributed by atoms with E-state index in [1.807, 2.05) is 66.9 Å². The highest BCUT2D eigenvalue weighted by Crippen LogP contribution is 2.44. The van der Waals surface area contributed by atoms with Crippen molar-refractivity contribution in [1.29, 1.82) is 0 Å². The minimum absolute atomic E-state index is 0.0969. The topological polar surface area (TPSA) is 42.3 Å². The first-order valence-electron chi connectivity index (χ1n) is 12.8. The Balaban J connectivity index is 1.42. The molecule has 0 unspecified atom stereocenters. The van der Waals surface area contributed by atoms with Gasteiger partial charge < -0.3 is 19.5 Å². The quantitative estimate of drug-likeness (QED) is 0.201. The molecule has 0 amide bonds. The Labute approximate surface area is 242 Å². The van der Waals surface area contributed by atoms with Crippen LogP contribution in [0.4, 0.5) is 5.69 Å². The fourth-order valence-electron chi connectivity index (χ4n) is 5.35. The highest BCUT2D eigenvalue weighted by molar-refractivity contribution is 9.10. The van der Waals surface area contributed by atoms with Crippen LogP contribution in [-0.2, 0) is 0 Å². The van der Waals surface area contributed by atoms with Gasteiger partial charge in [-0.3, -0.25) is 4.98 Å². The van der Waals surface area contributed by atoms with Gasteiger partial charge in [0.2, 0.25) is 0 Å². The van der Waals surface area contributed by atoms with Crippen LogP contribution in [0.15, 0.2) is 114 Å². The van der Waals surface area contributed by atoms with E-state index < -0.39 is 0 Å². The van der Waals surface area contributed by atoms with Crippen molar-refractivity contribution < 1.29 is 4.74 Å². The van der Waals surface area contributed by atoms with E-state index in [-0.39, 0.29) is 12.1 Å². The summed E-state index contributed by atoms with van der Waals surface area (Å²) >= 11 is 9.58. The summed E-state index contributed by atoms with van der Waals surface area (Å²) in [5.41, 5.74) is 6.57. The normalized spacial score (nSPS) is 16.8. The Morgan fingerprint density at radius 1 is 0.821 bits per heavy atom. The van der Waals surface area contributed by atoms with Crippen molar-refractivity contribution in [2.24, 2.45) is 0 Å². The first kappa shape index (κ1) is 25.3. The van der Waals surface area contributed by atoms with Gasteiger partial charge in [-0.1, -0.05) is 46.3 Å². The highest BCUT2D eigenvalue weighted by Gasteiger charge is 2.42. The maximum absolute atomic E-state index is 6.04. The van der Waals surface area contributed by atoms with Gasteiger partial charge in [-0.05, 0) is 104 Å². The molecule has 0 radical (unpaired) electrons. The number of nitrogens with one attached hydrogen (secondary N) is 1. The molecule has 3 heterocycles. The predicted octanol–water partition coefficient (Wildman–Crippen LogP) is 8.22. The number of rotatable bonds is 6. The zero-order valence-corrected chi connectivity index (χ0v) is 24.0. The molecule has 194 valence electrons. The minimum Gasteiger partial charge on any atom is -0.457 e. The molecule has 7 heteroatoms. The number of nitrogens with zero attached hydrogens (tertiary/aromatic N) is 3. The van der Waals surface area contributed by atoms with Gasteiger partial charge in [0.05, 0.1) is 17.8 Å². The van der Waals surface area contributed by atoms with Crippen LogP contribution in [0.25, 0.3) is 5.69 Å². The second kappa shape index (κ2) is 10.7. The van der Waals surface area contributed by atoms with Crippen LogP contribution < -0.4 is 15.0 Å². The Morgan fingerprint density at radius 3 is 2.28 bits per heavy atom. The standard InChI is InChI=1S/C32H27BrN4OS/c1-21-19-28(22(2)36(21)25-10-8-9-23(33)20-25)31-30(29-13-6-7-18-34-29)35-32(39)37(31)24-14-16-27(17-15-24)38-26-11-4-3-5-12-26/h3-20,30-31H,1-2H3,(H,35,39)/t30-,31+/m1/s1. The molecule has 1 aliphatic rings. The molecule has 0 saturated carbocycles. The summed E-state index contributed by atoms with van der Waals surface area (Å²) in [5, 5.41) is 4.24. The van der Waals surface area contributed by atoms with Gasteiger partial charge in [-0.15, -0.1) is 0 Å². The molecule has 0 spiro atoms. The number of halogens is 1. The van der Waals surface area contributed by atoms with E-state index in [1.165, 1.54) is 5.56 Å². The van der Waals surface area contributed by atoms with E-state index >= 15 is 0 Å². The minimum atomic E-state index is -0.115. The number of benzene rings is 3. The zero-order valence-electron chi connectivity index (χ0n) is 21.6. The van der Waals surface area contributed by atoms with Crippen molar-refractivity contribution in [2.45, 2.75) is 25.9 Å². The van der Waals surface area contributed by atoms with Crippen LogP contribution in [0.2, 0.25) is 0 Å². The van der Waals surface area contributed by atoms with Crippen LogP contribution in [0, 0.1) is 13.8 Å². The summed E-state index contributed by atoms with van der Waals surface area (Å²) in [6.45, 7) is 4.32. The number of thiocarbonyl (C=S) groups is 1. The second-order valence-corrected chi connectivity index (χ2v) is 10.8. The van der Waals surface area contributed by atoms with E-state index in [0.717, 1.165) is 44.4 Å². The SMILES string of the molecule is Cc1cc([C@H]2[C@@H](c3ccccn3)NC(=S)N2c2ccc(Oc3ccccc3)cc2)c(C)n1-c1cccc(Br)c1. The van der Waals surface area contributed by atoms with E-state index in [4.69, 9.17) is 21.9 Å². The lowest BCUT2D eigenvalue weighted by Crippen LogP contribution is -2.29. The number of anilines is 1. The van der Waals surface area contributed by atoms with Gasteiger partial charge in [-0.2, -0.15) is 0 Å². The van der Waals surface area contributed by atoms with Crippen molar-refractivity contribution in [1.82, 2.24) is 14.9 Å². The van der Waals surface area contributed by atoms with Crippen molar-refractivity contribution in [3.63, 3.8) is 0 Å². The average molecular weight is 596 g/mol. The van der Waals surface area contributed by atoms with Gasteiger partial charge in [-0.25, -0.2) is 0 Å². The zero-order chi connectivity index (χ0) is 26.9. The van der Waals surface area contributed by atoms with Gasteiger partial charge in [0, 0.05) is 33.4 Å². The molecule has 0 bridgehead atoms. The van der Waals surface area contributed by atoms with Crippen LogP contribution in [0.5, 0.6) is 11.5 Å². The molecule has 1 aliphatic heterocycles. The van der Waals surface area contributed by atoms with Crippen LogP contribution in [0.1, 0.15) is 34.7 Å². The molecule has 3 aromatic carbocycles. The molecular formula is C32H27BrN4OS. The summed E-state index contributed by atoms with van der Waals surface area (Å²) in [6.07, 6.45) is 1.83. The number of pyridine rings is 1. The third kappa shape index (κ3) is 4.95. The van der Waals surface area contributed by atoms with E-state index in [9.17, 15) is 0 Å². The Hall–Kier alpha value is -3.94. The van der Waals surface area contributed by atoms with E-state index in [2.05, 4.69) is 87.0 Å². The van der Waals surface area contributed by atoms with Crippen molar-refractivity contribution in [2.75, 3.05) is 4.90 Å². The molecular weight excluding hydrogens is 568 g/mol. The predicted molar refractivity (Wildman–Crippen MR) is 164 cm³/mol. The molecule has 5 nitrogen and oxygen atoms in total. The Kier molecular flexibility index (Phi) is 6.94. The van der Waals surface area contributed by atoms with Crippen molar-refractivity contribution >= 4 is 38.9 Å². The monoisotopic (exact) mass is 594 g/mol. The van der Waals surface area contributed by atoms with Gasteiger partial charge >= 0.3 is 0 Å². The molecule has 0 aliphatic carbocycles. The van der Waals surface area contributed by atoms with Crippen molar-refractivity contribution in [3.8, 4) is 17.2 Å². The van der Waals surface area contributed by atoms with E-state index in [0.29, 0.717) is 5.11 Å². The summed E-state index contributed by atoms with van der Waals surface area (Å²) in [6, 6.07) is 34.3. The smallest absolute Gasteiger partial charge is 0.174 e. The Bertz CT molecular complexity index is 1620. The maximum atomic E-state index is 6.04. The van der Waals surface area contributed by atoms with Gasteiger partial charge in [0.15, 0.2) is 5.11 Å². The average Bonchev–Trinajstić information content (AvgIpc) is 3.45. The Morgan fingerprint density at radius 2 is 1.56 bits per heavy atom. The summed E-state index contributed by atoms with van der Waals surface area (Å²) < 4.78 is 9.38. The van der Waals surface area contributed by atoms with Crippen LogP contribution >= 0.6 is 28.1 Å². The molecule has 1 fully saturated rings. The van der Waals surface area contributed by atoms with Crippen LogP contribution in [-0.4, -0.2) is 14.7 Å². The summed E-state index contributed by atoms with van der Waals surface area (Å²) in [4.78, 5) is 6.91. The number of hydrogen-bond acceptors (Lipinski definition) is 3. The summed E-state index contributed by atoms with van der Waals surface area (Å²) in [5.74, 6) is 1.57. The van der Waals surface area contributed by atoms with Gasteiger partial charge in [0.1, 0.15) is 11.5 Å². The third-order valence-electron chi connectivity index (χ3n) is 7.05. The number of hydrogen-bond donors (Lipinski definition) is 1. The second-order valence-electron chi connectivity index (χ2n) is 9.55. The highest BCUT2D eigenvalue weighted by atomic mass is 79.9. The lowest BCUT2D eigenvalue weighted by atomic mass is 9.96. The largest absolute Gasteiger partial charge is 0.457 e. The van der Waals surface area contributed by atoms with E-state index in [1.54, 1.807) is 0 Å². The number of para-hydroxylation sites is 1. The first-order valence-corrected chi connectivity index (χ1v) is 14.0. The molecule has 6 rings (SSSR count). The fraction of sp³-hybridized carbons (Fsp3) is 0.125. The molecule has 39 heavy (non-hydrogen) atoms. The summed E-state index contributed by atoms with van der Waals surface area (Å²) in [7, 11) is 0. The van der Waals surface area contributed by atoms with Gasteiger partial charge in [0.25, 0.3) is 0 Å². The number of aryl methyl sites for hydroxylation is 1.